The van der Waals surface area contributed by atoms with Crippen LogP contribution in [0.4, 0.5) is 0 Å². The second-order valence-corrected chi connectivity index (χ2v) is 3.12. The number of aliphatic hydroxyl groups is 1. The van der Waals surface area contributed by atoms with E-state index in [1.165, 1.54) is 0 Å². The van der Waals surface area contributed by atoms with Crippen molar-refractivity contribution < 1.29 is 9.84 Å². The van der Waals surface area contributed by atoms with Crippen LogP contribution in [0.25, 0.3) is 0 Å². The van der Waals surface area contributed by atoms with Gasteiger partial charge in [-0.25, -0.2) is 0 Å². The first-order valence-corrected chi connectivity index (χ1v) is 4.20. The number of ether oxygens (including phenoxy) is 1. The lowest BCUT2D eigenvalue weighted by Crippen LogP contribution is -2.48. The molecule has 2 N–H and O–H groups in total. The fourth-order valence-electron chi connectivity index (χ4n) is 1.60. The number of nitrogens with one attached hydrogen (secondary N) is 1. The summed E-state index contributed by atoms with van der Waals surface area (Å²) in [7, 11) is 1.96. The quantitative estimate of drug-likeness (QED) is 0.615. The van der Waals surface area contributed by atoms with Crippen molar-refractivity contribution in [3.63, 3.8) is 0 Å². The first kappa shape index (κ1) is 8.97. The first-order valence-electron chi connectivity index (χ1n) is 4.20. The molecule has 1 aliphatic heterocycles. The van der Waals surface area contributed by atoms with E-state index < -0.39 is 0 Å². The molecule has 0 radical (unpaired) electrons. The van der Waals surface area contributed by atoms with Gasteiger partial charge in [0.1, 0.15) is 0 Å². The lowest BCUT2D eigenvalue weighted by molar-refractivity contribution is 0.0309. The molecule has 66 valence electrons. The van der Waals surface area contributed by atoms with E-state index in [1.807, 2.05) is 7.05 Å². The van der Waals surface area contributed by atoms with Crippen LogP contribution in [0, 0.1) is 0 Å². The highest BCUT2D eigenvalue weighted by Gasteiger charge is 2.29. The van der Waals surface area contributed by atoms with Crippen molar-refractivity contribution in [2.75, 3.05) is 26.9 Å². The SMILES string of the molecule is CNC1(CCO)CCOCC1. The molecule has 0 atom stereocenters. The second-order valence-electron chi connectivity index (χ2n) is 3.12. The standard InChI is InChI=1S/C8H17NO2/c1-9-8(2-5-10)3-6-11-7-4-8/h9-10H,2-7H2,1H3. The lowest BCUT2D eigenvalue weighted by Gasteiger charge is -2.36. The summed E-state index contributed by atoms with van der Waals surface area (Å²) >= 11 is 0. The first-order chi connectivity index (χ1) is 5.33. The molecule has 0 aromatic heterocycles. The molecule has 0 saturated carbocycles. The molecule has 1 heterocycles. The van der Waals surface area contributed by atoms with Gasteiger partial charge in [0.2, 0.25) is 0 Å². The average Bonchev–Trinajstić information content (AvgIpc) is 2.07. The lowest BCUT2D eigenvalue weighted by atomic mass is 9.87. The highest BCUT2D eigenvalue weighted by molar-refractivity contribution is 4.88. The van der Waals surface area contributed by atoms with E-state index in [4.69, 9.17) is 9.84 Å². The average molecular weight is 159 g/mol. The molecule has 0 bridgehead atoms. The Kier molecular flexibility index (Phi) is 3.30. The van der Waals surface area contributed by atoms with Crippen molar-refractivity contribution in [3.8, 4) is 0 Å². The van der Waals surface area contributed by atoms with Crippen molar-refractivity contribution in [2.24, 2.45) is 0 Å². The van der Waals surface area contributed by atoms with Crippen LogP contribution < -0.4 is 5.32 Å². The topological polar surface area (TPSA) is 41.5 Å². The van der Waals surface area contributed by atoms with E-state index in [-0.39, 0.29) is 12.1 Å². The maximum absolute atomic E-state index is 8.83. The van der Waals surface area contributed by atoms with Crippen LogP contribution in [0.15, 0.2) is 0 Å². The summed E-state index contributed by atoms with van der Waals surface area (Å²) in [5, 5.41) is 12.1. The fourth-order valence-corrected chi connectivity index (χ4v) is 1.60. The monoisotopic (exact) mass is 159 g/mol. The molecule has 0 spiro atoms. The van der Waals surface area contributed by atoms with Gasteiger partial charge in [-0.2, -0.15) is 0 Å². The summed E-state index contributed by atoms with van der Waals surface area (Å²) in [6.07, 6.45) is 2.88. The molecule has 1 rings (SSSR count). The Morgan fingerprint density at radius 1 is 1.45 bits per heavy atom. The smallest absolute Gasteiger partial charge is 0.0483 e. The van der Waals surface area contributed by atoms with Crippen molar-refractivity contribution in [1.82, 2.24) is 5.32 Å². The van der Waals surface area contributed by atoms with Gasteiger partial charge in [-0.05, 0) is 26.3 Å². The van der Waals surface area contributed by atoms with Crippen LogP contribution >= 0.6 is 0 Å². The number of rotatable bonds is 3. The van der Waals surface area contributed by atoms with Crippen LogP contribution in [0.1, 0.15) is 19.3 Å². The molecule has 0 aromatic carbocycles. The summed E-state index contributed by atoms with van der Waals surface area (Å²) in [4.78, 5) is 0. The second kappa shape index (κ2) is 4.04. The van der Waals surface area contributed by atoms with Crippen LogP contribution in [0.5, 0.6) is 0 Å². The normalized spacial score (nSPS) is 23.5. The highest BCUT2D eigenvalue weighted by Crippen LogP contribution is 2.23. The zero-order valence-corrected chi connectivity index (χ0v) is 7.10. The summed E-state index contributed by atoms with van der Waals surface area (Å²) < 4.78 is 5.25. The summed E-state index contributed by atoms with van der Waals surface area (Å²) in [5.41, 5.74) is 0.146. The number of hydrogen-bond acceptors (Lipinski definition) is 3. The number of hydrogen-bond donors (Lipinski definition) is 2. The Bertz CT molecular complexity index is 105. The van der Waals surface area contributed by atoms with Crippen molar-refractivity contribution in [2.45, 2.75) is 24.8 Å². The van der Waals surface area contributed by atoms with Crippen LogP contribution in [0.3, 0.4) is 0 Å². The van der Waals surface area contributed by atoms with E-state index in [0.29, 0.717) is 0 Å². The minimum atomic E-state index is 0.146. The predicted molar refractivity (Wildman–Crippen MR) is 43.5 cm³/mol. The van der Waals surface area contributed by atoms with Crippen molar-refractivity contribution in [1.29, 1.82) is 0 Å². The Hall–Kier alpha value is -0.120. The molecule has 1 saturated heterocycles. The van der Waals surface area contributed by atoms with E-state index in [2.05, 4.69) is 5.32 Å². The molecule has 3 heteroatoms. The molecule has 1 aliphatic rings. The minimum Gasteiger partial charge on any atom is -0.396 e. The third-order valence-electron chi connectivity index (χ3n) is 2.57. The van der Waals surface area contributed by atoms with Gasteiger partial charge in [-0.1, -0.05) is 0 Å². The van der Waals surface area contributed by atoms with E-state index >= 15 is 0 Å². The van der Waals surface area contributed by atoms with Gasteiger partial charge in [-0.3, -0.25) is 0 Å². The molecule has 0 amide bonds. The van der Waals surface area contributed by atoms with Gasteiger partial charge in [0.05, 0.1) is 0 Å². The van der Waals surface area contributed by atoms with Crippen molar-refractivity contribution in [3.05, 3.63) is 0 Å². The van der Waals surface area contributed by atoms with Crippen LogP contribution in [0.2, 0.25) is 0 Å². The van der Waals surface area contributed by atoms with Crippen LogP contribution in [-0.2, 0) is 4.74 Å². The Morgan fingerprint density at radius 2 is 2.09 bits per heavy atom. The fraction of sp³-hybridized carbons (Fsp3) is 1.00. The van der Waals surface area contributed by atoms with Gasteiger partial charge in [-0.15, -0.1) is 0 Å². The van der Waals surface area contributed by atoms with Gasteiger partial charge in [0.15, 0.2) is 0 Å². The summed E-state index contributed by atoms with van der Waals surface area (Å²) in [6.45, 7) is 1.91. The molecular weight excluding hydrogens is 142 g/mol. The zero-order chi connectivity index (χ0) is 8.16. The van der Waals surface area contributed by atoms with Crippen LogP contribution in [-0.4, -0.2) is 37.5 Å². The molecule has 11 heavy (non-hydrogen) atoms. The molecule has 0 aromatic rings. The maximum Gasteiger partial charge on any atom is 0.0483 e. The molecule has 0 unspecified atom stereocenters. The molecule has 1 fully saturated rings. The zero-order valence-electron chi connectivity index (χ0n) is 7.10. The molecular formula is C8H17NO2. The third-order valence-corrected chi connectivity index (χ3v) is 2.57. The van der Waals surface area contributed by atoms with Gasteiger partial charge in [0.25, 0.3) is 0 Å². The van der Waals surface area contributed by atoms with Gasteiger partial charge >= 0.3 is 0 Å². The Balaban J connectivity index is 2.42. The largest absolute Gasteiger partial charge is 0.396 e. The predicted octanol–water partition coefficient (Wildman–Crippen LogP) is 0.137. The Labute approximate surface area is 67.7 Å². The third kappa shape index (κ3) is 2.15. The van der Waals surface area contributed by atoms with Gasteiger partial charge in [0, 0.05) is 25.4 Å². The summed E-state index contributed by atoms with van der Waals surface area (Å²) in [6, 6.07) is 0. The van der Waals surface area contributed by atoms with Gasteiger partial charge < -0.3 is 15.2 Å². The highest BCUT2D eigenvalue weighted by atomic mass is 16.5. The molecule has 3 nitrogen and oxygen atoms in total. The number of aliphatic hydroxyl groups excluding tert-OH is 1. The van der Waals surface area contributed by atoms with E-state index in [1.54, 1.807) is 0 Å². The van der Waals surface area contributed by atoms with E-state index in [9.17, 15) is 0 Å². The summed E-state index contributed by atoms with van der Waals surface area (Å²) in [5.74, 6) is 0. The maximum atomic E-state index is 8.83. The minimum absolute atomic E-state index is 0.146. The van der Waals surface area contributed by atoms with E-state index in [0.717, 1.165) is 32.5 Å². The van der Waals surface area contributed by atoms with Crippen molar-refractivity contribution >= 4 is 0 Å². The molecule has 0 aliphatic carbocycles. The Morgan fingerprint density at radius 3 is 2.55 bits per heavy atom.